The molecule has 0 aliphatic heterocycles. The summed E-state index contributed by atoms with van der Waals surface area (Å²) in [6.07, 6.45) is 7.81. The first-order valence-corrected chi connectivity index (χ1v) is 14.0. The number of carbonyl (C=O) groups is 1. The number of fused-ring (bicyclic) bond motifs is 1. The molecule has 4 aromatic rings. The van der Waals surface area contributed by atoms with Gasteiger partial charge in [-0.15, -0.1) is 0 Å². The molecule has 2 heterocycles. The number of methoxy groups -OCH3 is 1. The van der Waals surface area contributed by atoms with Crippen LogP contribution in [0.2, 0.25) is 0 Å². The molecule has 0 bridgehead atoms. The SMILES string of the molecule is C=CC(=O)Nc1cc(Nc2nccc(-c3cn(C(C)C4CC4)c4ccccc34)n2)c(OC)cc1N(C)CCN(C)C. The lowest BCUT2D eigenvalue weighted by Crippen LogP contribution is -2.29. The summed E-state index contributed by atoms with van der Waals surface area (Å²) in [7, 11) is 7.67. The van der Waals surface area contributed by atoms with E-state index in [1.54, 1.807) is 13.3 Å². The molecule has 1 unspecified atom stereocenters. The summed E-state index contributed by atoms with van der Waals surface area (Å²) < 4.78 is 8.15. The molecule has 0 spiro atoms. The average molecular weight is 554 g/mol. The molecule has 2 aromatic carbocycles. The van der Waals surface area contributed by atoms with Crippen LogP contribution in [0.15, 0.2) is 67.5 Å². The number of carbonyl (C=O) groups excluding carboxylic acids is 1. The summed E-state index contributed by atoms with van der Waals surface area (Å²) >= 11 is 0. The molecule has 2 aromatic heterocycles. The zero-order chi connectivity index (χ0) is 29.1. The zero-order valence-electron chi connectivity index (χ0n) is 24.5. The van der Waals surface area contributed by atoms with Crippen LogP contribution >= 0.6 is 0 Å². The van der Waals surface area contributed by atoms with E-state index < -0.39 is 0 Å². The number of hydrogen-bond donors (Lipinski definition) is 2. The molecule has 1 atom stereocenters. The quantitative estimate of drug-likeness (QED) is 0.210. The molecule has 1 saturated carbocycles. The number of nitrogens with one attached hydrogen (secondary N) is 2. The minimum Gasteiger partial charge on any atom is -0.494 e. The van der Waals surface area contributed by atoms with Crippen LogP contribution in [0.3, 0.4) is 0 Å². The van der Waals surface area contributed by atoms with E-state index in [1.165, 1.54) is 29.8 Å². The molecule has 0 saturated heterocycles. The number of rotatable bonds is 12. The van der Waals surface area contributed by atoms with Crippen molar-refractivity contribution in [2.75, 3.05) is 56.9 Å². The smallest absolute Gasteiger partial charge is 0.247 e. The van der Waals surface area contributed by atoms with Gasteiger partial charge in [0.25, 0.3) is 0 Å². The third kappa shape index (κ3) is 6.20. The fraction of sp³-hybridized carbons (Fsp3) is 0.344. The maximum atomic E-state index is 12.3. The minimum atomic E-state index is -0.293. The topological polar surface area (TPSA) is 87.5 Å². The normalized spacial score (nSPS) is 13.7. The Morgan fingerprint density at radius 3 is 2.66 bits per heavy atom. The molecule has 9 nitrogen and oxygen atoms in total. The van der Waals surface area contributed by atoms with E-state index in [9.17, 15) is 4.79 Å². The molecule has 41 heavy (non-hydrogen) atoms. The number of hydrogen-bond acceptors (Lipinski definition) is 7. The predicted molar refractivity (Wildman–Crippen MR) is 167 cm³/mol. The predicted octanol–water partition coefficient (Wildman–Crippen LogP) is 5.94. The Morgan fingerprint density at radius 2 is 1.95 bits per heavy atom. The van der Waals surface area contributed by atoms with Crippen molar-refractivity contribution in [3.63, 3.8) is 0 Å². The highest BCUT2D eigenvalue weighted by Gasteiger charge is 2.30. The van der Waals surface area contributed by atoms with Gasteiger partial charge in [-0.2, -0.15) is 0 Å². The number of amides is 1. The Hall–Kier alpha value is -4.37. The van der Waals surface area contributed by atoms with Gasteiger partial charge in [0.1, 0.15) is 5.75 Å². The summed E-state index contributed by atoms with van der Waals surface area (Å²) in [5, 5.41) is 7.44. The number of aromatic nitrogens is 3. The van der Waals surface area contributed by atoms with E-state index in [4.69, 9.17) is 9.72 Å². The zero-order valence-corrected chi connectivity index (χ0v) is 24.5. The minimum absolute atomic E-state index is 0.293. The van der Waals surface area contributed by atoms with E-state index in [2.05, 4.69) is 73.9 Å². The second kappa shape index (κ2) is 12.0. The van der Waals surface area contributed by atoms with Gasteiger partial charge in [0, 0.05) is 61.1 Å². The molecule has 1 fully saturated rings. The lowest BCUT2D eigenvalue weighted by molar-refractivity contribution is -0.111. The van der Waals surface area contributed by atoms with E-state index in [0.717, 1.165) is 36.0 Å². The van der Waals surface area contributed by atoms with Gasteiger partial charge >= 0.3 is 0 Å². The highest BCUT2D eigenvalue weighted by Crippen LogP contribution is 2.43. The highest BCUT2D eigenvalue weighted by atomic mass is 16.5. The largest absolute Gasteiger partial charge is 0.494 e. The Morgan fingerprint density at radius 1 is 1.17 bits per heavy atom. The lowest BCUT2D eigenvalue weighted by Gasteiger charge is -2.26. The molecular formula is C32H39N7O2. The number of nitrogens with zero attached hydrogens (tertiary/aromatic N) is 5. The molecule has 5 rings (SSSR count). The molecule has 2 N–H and O–H groups in total. The summed E-state index contributed by atoms with van der Waals surface area (Å²) in [4.78, 5) is 25.9. The Balaban J connectivity index is 1.50. The van der Waals surface area contributed by atoms with Gasteiger partial charge in [0.05, 0.1) is 29.9 Å². The van der Waals surface area contributed by atoms with Crippen LogP contribution in [0.5, 0.6) is 5.75 Å². The van der Waals surface area contributed by atoms with Crippen molar-refractivity contribution in [3.05, 3.63) is 67.5 Å². The van der Waals surface area contributed by atoms with Gasteiger partial charge in [-0.05, 0) is 64.1 Å². The van der Waals surface area contributed by atoms with E-state index in [0.29, 0.717) is 29.1 Å². The summed E-state index contributed by atoms with van der Waals surface area (Å²) in [5.41, 5.74) is 5.22. The monoisotopic (exact) mass is 553 g/mol. The summed E-state index contributed by atoms with van der Waals surface area (Å²) in [6.45, 7) is 7.52. The fourth-order valence-electron chi connectivity index (χ4n) is 5.15. The van der Waals surface area contributed by atoms with Crippen LogP contribution in [0.1, 0.15) is 25.8 Å². The van der Waals surface area contributed by atoms with Crippen molar-refractivity contribution in [2.24, 2.45) is 5.92 Å². The summed E-state index contributed by atoms with van der Waals surface area (Å²) in [6, 6.07) is 14.6. The number of para-hydroxylation sites is 1. The average Bonchev–Trinajstić information content (AvgIpc) is 3.76. The lowest BCUT2D eigenvalue weighted by atomic mass is 10.1. The first-order valence-electron chi connectivity index (χ1n) is 14.0. The van der Waals surface area contributed by atoms with Crippen LogP contribution in [-0.2, 0) is 4.79 Å². The number of benzene rings is 2. The number of ether oxygens (including phenoxy) is 1. The van der Waals surface area contributed by atoms with Crippen molar-refractivity contribution >= 4 is 39.8 Å². The second-order valence-electron chi connectivity index (χ2n) is 10.9. The van der Waals surface area contributed by atoms with E-state index in [-0.39, 0.29) is 5.91 Å². The van der Waals surface area contributed by atoms with E-state index in [1.807, 2.05) is 39.3 Å². The van der Waals surface area contributed by atoms with Crippen LogP contribution in [-0.4, -0.2) is 66.7 Å². The maximum absolute atomic E-state index is 12.3. The van der Waals surface area contributed by atoms with Crippen LogP contribution in [0.25, 0.3) is 22.2 Å². The molecule has 9 heteroatoms. The van der Waals surface area contributed by atoms with Gasteiger partial charge in [-0.25, -0.2) is 9.97 Å². The highest BCUT2D eigenvalue weighted by molar-refractivity contribution is 6.02. The first kappa shape index (κ1) is 28.2. The van der Waals surface area contributed by atoms with Crippen molar-refractivity contribution in [2.45, 2.75) is 25.8 Å². The molecule has 1 amide bonds. The van der Waals surface area contributed by atoms with Crippen molar-refractivity contribution in [1.82, 2.24) is 19.4 Å². The van der Waals surface area contributed by atoms with Crippen molar-refractivity contribution < 1.29 is 9.53 Å². The van der Waals surface area contributed by atoms with Crippen molar-refractivity contribution in [3.8, 4) is 17.0 Å². The van der Waals surface area contributed by atoms with Gasteiger partial charge in [-0.3, -0.25) is 4.79 Å². The first-order chi connectivity index (χ1) is 19.8. The van der Waals surface area contributed by atoms with Gasteiger partial charge in [-0.1, -0.05) is 24.8 Å². The van der Waals surface area contributed by atoms with Gasteiger partial charge < -0.3 is 29.7 Å². The number of anilines is 4. The van der Waals surface area contributed by atoms with Gasteiger partial charge in [0.15, 0.2) is 0 Å². The molecule has 0 radical (unpaired) electrons. The fourth-order valence-corrected chi connectivity index (χ4v) is 5.15. The van der Waals surface area contributed by atoms with E-state index >= 15 is 0 Å². The van der Waals surface area contributed by atoms with Gasteiger partial charge in [0.2, 0.25) is 11.9 Å². The third-order valence-electron chi connectivity index (χ3n) is 7.72. The van der Waals surface area contributed by atoms with Crippen LogP contribution in [0.4, 0.5) is 23.0 Å². The Labute approximate surface area is 241 Å². The van der Waals surface area contributed by atoms with Crippen LogP contribution < -0.4 is 20.3 Å². The summed E-state index contributed by atoms with van der Waals surface area (Å²) in [5.74, 6) is 1.48. The molecular weight excluding hydrogens is 514 g/mol. The third-order valence-corrected chi connectivity index (χ3v) is 7.72. The molecule has 214 valence electrons. The molecule has 1 aliphatic rings. The van der Waals surface area contributed by atoms with Crippen molar-refractivity contribution in [1.29, 1.82) is 0 Å². The Kier molecular flexibility index (Phi) is 8.26. The second-order valence-corrected chi connectivity index (χ2v) is 10.9. The molecule has 1 aliphatic carbocycles. The maximum Gasteiger partial charge on any atom is 0.247 e. The Bertz CT molecular complexity index is 1560. The van der Waals surface area contributed by atoms with Crippen LogP contribution in [0, 0.1) is 5.92 Å². The standard InChI is InChI=1S/C32H39N7O2/c1-7-31(40)34-26-18-27(30(41-6)19-29(26)38(5)17-16-37(3)4)36-32-33-15-14-25(35-32)24-20-39(21(2)22-12-13-22)28-11-9-8-10-23(24)28/h7-11,14-15,18-22H,1,12-13,16-17H2,2-6H3,(H,34,40)(H,33,35,36). The number of likely N-dealkylation sites (N-methyl/N-ethyl adjacent to an activating group) is 2.